The Morgan fingerprint density at radius 3 is 2.57 bits per heavy atom. The van der Waals surface area contributed by atoms with Crippen molar-refractivity contribution in [3.8, 4) is 22.8 Å². The van der Waals surface area contributed by atoms with Crippen molar-refractivity contribution < 1.29 is 28.9 Å². The van der Waals surface area contributed by atoms with Gasteiger partial charge in [0, 0.05) is 61.0 Å². The number of nitrogens with zero attached hydrogens (tertiary/aromatic N) is 4. The molecule has 2 aromatic heterocycles. The van der Waals surface area contributed by atoms with Crippen LogP contribution in [0.3, 0.4) is 0 Å². The van der Waals surface area contributed by atoms with Gasteiger partial charge in [-0.15, -0.1) is 0 Å². The molecule has 1 amide bonds. The minimum Gasteiger partial charge on any atom is -0.491 e. The second-order valence-corrected chi connectivity index (χ2v) is 12.4. The standard InChI is InChI=1S/C36H40N4O6/c1-23(41)38(2)26-8-13-31(39-14-17-44-18-15-39)25(20-26)22-46-27-9-10-28-32(21-27)45-19-16-40-34(28)33(24-6-4-3-5-7-24)29-11-12-30(36(42)43)37-35(29)40/h8-13,20-21,24H,3-7,14-19,22H2,1-2H3,(H,42,43). The predicted octanol–water partition coefficient (Wildman–Crippen LogP) is 6.24. The lowest BCUT2D eigenvalue weighted by atomic mass is 9.82. The molecule has 1 saturated heterocycles. The number of rotatable bonds is 7. The number of aromatic nitrogens is 2. The molecule has 0 atom stereocenters. The molecule has 4 aromatic rings. The van der Waals surface area contributed by atoms with Crippen LogP contribution in [0.4, 0.5) is 11.4 Å². The highest BCUT2D eigenvalue weighted by Gasteiger charge is 2.30. The van der Waals surface area contributed by atoms with E-state index in [0.717, 1.165) is 65.3 Å². The zero-order chi connectivity index (χ0) is 31.8. The van der Waals surface area contributed by atoms with Crippen LogP contribution in [-0.2, 0) is 22.7 Å². The molecule has 7 rings (SSSR count). The first-order valence-corrected chi connectivity index (χ1v) is 16.3. The minimum absolute atomic E-state index is 0.0340. The molecule has 3 aliphatic rings. The third-order valence-electron chi connectivity index (χ3n) is 9.63. The monoisotopic (exact) mass is 624 g/mol. The Morgan fingerprint density at radius 1 is 1.00 bits per heavy atom. The van der Waals surface area contributed by atoms with Gasteiger partial charge >= 0.3 is 5.97 Å². The SMILES string of the molecule is CC(=O)N(C)c1ccc(N2CCOCC2)c(COc2ccc3c(c2)OCCn2c-3c(C3CCCCC3)c3ccc(C(=O)O)nc32)c1. The summed E-state index contributed by atoms with van der Waals surface area (Å²) in [7, 11) is 1.78. The van der Waals surface area contributed by atoms with Gasteiger partial charge in [0.1, 0.15) is 30.4 Å². The van der Waals surface area contributed by atoms with E-state index in [9.17, 15) is 14.7 Å². The van der Waals surface area contributed by atoms with Gasteiger partial charge in [-0.05, 0) is 66.8 Å². The molecule has 0 unspecified atom stereocenters. The first kappa shape index (κ1) is 30.1. The summed E-state index contributed by atoms with van der Waals surface area (Å²) in [6, 6.07) is 15.6. The normalized spacial score (nSPS) is 16.7. The van der Waals surface area contributed by atoms with Gasteiger partial charge in [0.15, 0.2) is 5.69 Å². The molecule has 1 N–H and O–H groups in total. The summed E-state index contributed by atoms with van der Waals surface area (Å²) in [4.78, 5) is 32.5. The van der Waals surface area contributed by atoms with Crippen molar-refractivity contribution in [3.05, 3.63) is 65.4 Å². The van der Waals surface area contributed by atoms with Crippen molar-refractivity contribution >= 4 is 34.3 Å². The molecule has 10 heteroatoms. The van der Waals surface area contributed by atoms with E-state index >= 15 is 0 Å². The number of carboxylic acid groups (broad SMARTS) is 1. The Kier molecular flexibility index (Phi) is 8.29. The fraction of sp³-hybridized carbons (Fsp3) is 0.417. The number of fused-ring (bicyclic) bond motifs is 5. The molecule has 0 bridgehead atoms. The molecule has 2 aliphatic heterocycles. The summed E-state index contributed by atoms with van der Waals surface area (Å²) >= 11 is 0. The number of amides is 1. The number of hydrogen-bond acceptors (Lipinski definition) is 7. The van der Waals surface area contributed by atoms with Gasteiger partial charge in [-0.3, -0.25) is 4.79 Å². The number of aromatic carboxylic acids is 1. The number of hydrogen-bond donors (Lipinski definition) is 1. The van der Waals surface area contributed by atoms with E-state index in [2.05, 4.69) is 26.6 Å². The zero-order valence-electron chi connectivity index (χ0n) is 26.5. The summed E-state index contributed by atoms with van der Waals surface area (Å²) < 4.78 is 20.5. The first-order chi connectivity index (χ1) is 22.4. The number of anilines is 2. The lowest BCUT2D eigenvalue weighted by Gasteiger charge is -2.31. The fourth-order valence-corrected chi connectivity index (χ4v) is 7.18. The van der Waals surface area contributed by atoms with Crippen molar-refractivity contribution in [2.75, 3.05) is 49.8 Å². The van der Waals surface area contributed by atoms with E-state index in [-0.39, 0.29) is 11.6 Å². The highest BCUT2D eigenvalue weighted by atomic mass is 16.5. The number of pyridine rings is 1. The Hall–Kier alpha value is -4.57. The number of carboxylic acids is 1. The van der Waals surface area contributed by atoms with Crippen LogP contribution in [0.5, 0.6) is 11.5 Å². The zero-order valence-corrected chi connectivity index (χ0v) is 26.5. The fourth-order valence-electron chi connectivity index (χ4n) is 7.18. The summed E-state index contributed by atoms with van der Waals surface area (Å²) in [6.45, 7) is 5.80. The van der Waals surface area contributed by atoms with Crippen LogP contribution < -0.4 is 19.3 Å². The highest BCUT2D eigenvalue weighted by Crippen LogP contribution is 2.47. The maximum Gasteiger partial charge on any atom is 0.354 e. The van der Waals surface area contributed by atoms with Crippen LogP contribution in [0.25, 0.3) is 22.3 Å². The van der Waals surface area contributed by atoms with Crippen molar-refractivity contribution in [3.63, 3.8) is 0 Å². The van der Waals surface area contributed by atoms with E-state index in [1.165, 1.54) is 24.8 Å². The van der Waals surface area contributed by atoms with E-state index in [4.69, 9.17) is 14.2 Å². The van der Waals surface area contributed by atoms with Crippen LogP contribution in [0.15, 0.2) is 48.5 Å². The molecule has 1 saturated carbocycles. The van der Waals surface area contributed by atoms with E-state index in [1.54, 1.807) is 24.9 Å². The topological polar surface area (TPSA) is 106 Å². The maximum absolute atomic E-state index is 12.1. The average molecular weight is 625 g/mol. The second-order valence-electron chi connectivity index (χ2n) is 12.4. The minimum atomic E-state index is -1.03. The third kappa shape index (κ3) is 5.66. The lowest BCUT2D eigenvalue weighted by molar-refractivity contribution is -0.116. The van der Waals surface area contributed by atoms with Gasteiger partial charge in [-0.2, -0.15) is 0 Å². The molecule has 4 heterocycles. The van der Waals surface area contributed by atoms with Gasteiger partial charge in [0.25, 0.3) is 0 Å². The smallest absolute Gasteiger partial charge is 0.354 e. The van der Waals surface area contributed by atoms with Crippen LogP contribution in [0.1, 0.15) is 66.6 Å². The van der Waals surface area contributed by atoms with Gasteiger partial charge in [-0.1, -0.05) is 19.3 Å². The molecule has 0 radical (unpaired) electrons. The van der Waals surface area contributed by atoms with Crippen LogP contribution in [0, 0.1) is 0 Å². The van der Waals surface area contributed by atoms with Crippen molar-refractivity contribution in [2.24, 2.45) is 0 Å². The van der Waals surface area contributed by atoms with Gasteiger partial charge in [-0.25, -0.2) is 9.78 Å². The number of carbonyl (C=O) groups is 2. The molecule has 240 valence electrons. The van der Waals surface area contributed by atoms with Gasteiger partial charge in [0.2, 0.25) is 5.91 Å². The molecule has 1 aliphatic carbocycles. The molecule has 10 nitrogen and oxygen atoms in total. The number of morpholine rings is 1. The first-order valence-electron chi connectivity index (χ1n) is 16.3. The molecular weight excluding hydrogens is 584 g/mol. The number of benzene rings is 2. The predicted molar refractivity (Wildman–Crippen MR) is 176 cm³/mol. The van der Waals surface area contributed by atoms with E-state index < -0.39 is 5.97 Å². The Labute approximate surface area is 268 Å². The van der Waals surface area contributed by atoms with Crippen molar-refractivity contribution in [1.29, 1.82) is 0 Å². The van der Waals surface area contributed by atoms with Crippen molar-refractivity contribution in [2.45, 2.75) is 58.1 Å². The van der Waals surface area contributed by atoms with E-state index in [1.807, 2.05) is 30.3 Å². The van der Waals surface area contributed by atoms with Crippen LogP contribution >= 0.6 is 0 Å². The van der Waals surface area contributed by atoms with Gasteiger partial charge in [0.05, 0.1) is 25.5 Å². The lowest BCUT2D eigenvalue weighted by Crippen LogP contribution is -2.37. The Bertz CT molecular complexity index is 1790. The molecular formula is C36H40N4O6. The average Bonchev–Trinajstić information content (AvgIpc) is 3.28. The maximum atomic E-state index is 12.1. The summed E-state index contributed by atoms with van der Waals surface area (Å²) in [5.74, 6) is 0.748. The molecule has 0 spiro atoms. The number of ether oxygens (including phenoxy) is 3. The summed E-state index contributed by atoms with van der Waals surface area (Å²) in [5, 5.41) is 10.7. The Balaban J connectivity index is 1.25. The summed E-state index contributed by atoms with van der Waals surface area (Å²) in [5.41, 5.74) is 6.93. The largest absolute Gasteiger partial charge is 0.491 e. The van der Waals surface area contributed by atoms with Crippen LogP contribution in [-0.4, -0.2) is 66.5 Å². The van der Waals surface area contributed by atoms with Crippen molar-refractivity contribution in [1.82, 2.24) is 9.55 Å². The third-order valence-corrected chi connectivity index (χ3v) is 9.63. The van der Waals surface area contributed by atoms with Crippen LogP contribution in [0.2, 0.25) is 0 Å². The molecule has 46 heavy (non-hydrogen) atoms. The number of carbonyl (C=O) groups excluding carboxylic acids is 1. The highest BCUT2D eigenvalue weighted by molar-refractivity contribution is 5.95. The quantitative estimate of drug-likeness (QED) is 0.258. The summed E-state index contributed by atoms with van der Waals surface area (Å²) in [6.07, 6.45) is 5.82. The van der Waals surface area contributed by atoms with E-state index in [0.29, 0.717) is 50.3 Å². The molecule has 2 aromatic carbocycles. The van der Waals surface area contributed by atoms with Gasteiger partial charge < -0.3 is 33.7 Å². The second kappa shape index (κ2) is 12.7. The Morgan fingerprint density at radius 2 is 1.80 bits per heavy atom. The molecule has 2 fully saturated rings.